The van der Waals surface area contributed by atoms with Gasteiger partial charge in [-0.2, -0.15) is 5.26 Å². The fraction of sp³-hybridized carbons (Fsp3) is 0.364. The molecule has 1 N–H and O–H groups in total. The molecule has 1 aliphatic heterocycles. The Morgan fingerprint density at radius 2 is 2.14 bits per heavy atom. The monoisotopic (exact) mass is 204 g/mol. The third-order valence-corrected chi connectivity index (χ3v) is 3.73. The van der Waals surface area contributed by atoms with Crippen LogP contribution in [0.5, 0.6) is 0 Å². The SMILES string of the molecule is CC1CSC(c2ccc(C#N)cc2)N1. The van der Waals surface area contributed by atoms with Crippen LogP contribution in [0.15, 0.2) is 24.3 Å². The predicted molar refractivity (Wildman–Crippen MR) is 59.0 cm³/mol. The highest BCUT2D eigenvalue weighted by atomic mass is 32.2. The lowest BCUT2D eigenvalue weighted by molar-refractivity contribution is 0.618. The van der Waals surface area contributed by atoms with Gasteiger partial charge in [0, 0.05) is 11.8 Å². The van der Waals surface area contributed by atoms with Crippen molar-refractivity contribution >= 4 is 11.8 Å². The molecule has 0 radical (unpaired) electrons. The molecular formula is C11H12N2S. The number of benzene rings is 1. The Kier molecular flexibility index (Phi) is 2.76. The first kappa shape index (κ1) is 9.57. The van der Waals surface area contributed by atoms with E-state index >= 15 is 0 Å². The molecular weight excluding hydrogens is 192 g/mol. The summed E-state index contributed by atoms with van der Waals surface area (Å²) in [6.45, 7) is 2.19. The fourth-order valence-corrected chi connectivity index (χ4v) is 2.78. The van der Waals surface area contributed by atoms with Gasteiger partial charge in [-0.25, -0.2) is 0 Å². The molecule has 0 aromatic heterocycles. The van der Waals surface area contributed by atoms with E-state index in [1.165, 1.54) is 5.56 Å². The molecule has 2 rings (SSSR count). The summed E-state index contributed by atoms with van der Waals surface area (Å²) in [4.78, 5) is 0. The summed E-state index contributed by atoms with van der Waals surface area (Å²) in [5.41, 5.74) is 1.99. The van der Waals surface area contributed by atoms with Crippen molar-refractivity contribution < 1.29 is 0 Å². The van der Waals surface area contributed by atoms with E-state index in [0.717, 1.165) is 11.3 Å². The zero-order valence-electron chi connectivity index (χ0n) is 8.03. The minimum Gasteiger partial charge on any atom is -0.298 e. The minimum absolute atomic E-state index is 0.401. The maximum Gasteiger partial charge on any atom is 0.0991 e. The summed E-state index contributed by atoms with van der Waals surface area (Å²) in [5.74, 6) is 1.16. The third-order valence-electron chi connectivity index (χ3n) is 2.29. The van der Waals surface area contributed by atoms with Gasteiger partial charge in [0.05, 0.1) is 17.0 Å². The highest BCUT2D eigenvalue weighted by Crippen LogP contribution is 2.32. The molecule has 1 aromatic rings. The van der Waals surface area contributed by atoms with Crippen molar-refractivity contribution in [1.29, 1.82) is 5.26 Å². The van der Waals surface area contributed by atoms with E-state index < -0.39 is 0 Å². The normalized spacial score (nSPS) is 26.0. The van der Waals surface area contributed by atoms with Crippen LogP contribution in [0, 0.1) is 11.3 Å². The quantitative estimate of drug-likeness (QED) is 0.762. The van der Waals surface area contributed by atoms with E-state index in [-0.39, 0.29) is 0 Å². The Balaban J connectivity index is 2.14. The molecule has 1 aromatic carbocycles. The second kappa shape index (κ2) is 4.04. The van der Waals surface area contributed by atoms with Crippen LogP contribution in [0.4, 0.5) is 0 Å². The van der Waals surface area contributed by atoms with Crippen LogP contribution in [0.3, 0.4) is 0 Å². The van der Waals surface area contributed by atoms with Crippen molar-refractivity contribution in [1.82, 2.24) is 5.32 Å². The van der Waals surface area contributed by atoms with E-state index in [0.29, 0.717) is 11.4 Å². The van der Waals surface area contributed by atoms with E-state index in [1.54, 1.807) is 0 Å². The van der Waals surface area contributed by atoms with Gasteiger partial charge in [-0.3, -0.25) is 5.32 Å². The molecule has 0 spiro atoms. The van der Waals surface area contributed by atoms with Gasteiger partial charge in [-0.05, 0) is 24.6 Å². The number of hydrogen-bond acceptors (Lipinski definition) is 3. The van der Waals surface area contributed by atoms with Crippen molar-refractivity contribution in [2.24, 2.45) is 0 Å². The van der Waals surface area contributed by atoms with Gasteiger partial charge in [0.25, 0.3) is 0 Å². The van der Waals surface area contributed by atoms with Gasteiger partial charge in [-0.1, -0.05) is 12.1 Å². The summed E-state index contributed by atoms with van der Waals surface area (Å²) in [7, 11) is 0. The van der Waals surface area contributed by atoms with Gasteiger partial charge < -0.3 is 0 Å². The standard InChI is InChI=1S/C11H12N2S/c1-8-7-14-11(13-8)10-4-2-9(6-12)3-5-10/h2-5,8,11,13H,7H2,1H3. The average molecular weight is 204 g/mol. The number of nitrogens with one attached hydrogen (secondary N) is 1. The molecule has 1 aliphatic rings. The second-order valence-electron chi connectivity index (χ2n) is 3.51. The summed E-state index contributed by atoms with van der Waals surface area (Å²) < 4.78 is 0. The summed E-state index contributed by atoms with van der Waals surface area (Å²) >= 11 is 1.92. The zero-order chi connectivity index (χ0) is 9.97. The maximum absolute atomic E-state index is 8.67. The Morgan fingerprint density at radius 1 is 1.43 bits per heavy atom. The summed E-state index contributed by atoms with van der Waals surface area (Å²) in [5, 5.41) is 12.6. The molecule has 2 nitrogen and oxygen atoms in total. The molecule has 0 saturated carbocycles. The third kappa shape index (κ3) is 1.92. The van der Waals surface area contributed by atoms with Crippen molar-refractivity contribution in [2.45, 2.75) is 18.3 Å². The van der Waals surface area contributed by atoms with Crippen molar-refractivity contribution in [3.8, 4) is 6.07 Å². The van der Waals surface area contributed by atoms with Crippen LogP contribution in [-0.4, -0.2) is 11.8 Å². The van der Waals surface area contributed by atoms with Crippen molar-refractivity contribution in [2.75, 3.05) is 5.75 Å². The maximum atomic E-state index is 8.67. The molecule has 0 bridgehead atoms. The van der Waals surface area contributed by atoms with Crippen LogP contribution in [0.1, 0.15) is 23.4 Å². The molecule has 14 heavy (non-hydrogen) atoms. The van der Waals surface area contributed by atoms with Crippen LogP contribution in [0.25, 0.3) is 0 Å². The Morgan fingerprint density at radius 3 is 2.64 bits per heavy atom. The first-order chi connectivity index (χ1) is 6.79. The summed E-state index contributed by atoms with van der Waals surface area (Å²) in [6.07, 6.45) is 0. The zero-order valence-corrected chi connectivity index (χ0v) is 8.84. The summed E-state index contributed by atoms with van der Waals surface area (Å²) in [6, 6.07) is 10.5. The molecule has 0 amide bonds. The first-order valence-electron chi connectivity index (χ1n) is 4.67. The highest BCUT2D eigenvalue weighted by molar-refractivity contribution is 7.99. The van der Waals surface area contributed by atoms with Gasteiger partial charge >= 0.3 is 0 Å². The van der Waals surface area contributed by atoms with Crippen LogP contribution in [-0.2, 0) is 0 Å². The predicted octanol–water partition coefficient (Wildman–Crippen LogP) is 2.28. The molecule has 1 heterocycles. The van der Waals surface area contributed by atoms with Crippen molar-refractivity contribution in [3.63, 3.8) is 0 Å². The molecule has 1 saturated heterocycles. The lowest BCUT2D eigenvalue weighted by atomic mass is 10.1. The smallest absolute Gasteiger partial charge is 0.0991 e. The van der Waals surface area contributed by atoms with Crippen LogP contribution in [0.2, 0.25) is 0 Å². The number of nitrogens with zero attached hydrogens (tertiary/aromatic N) is 1. The van der Waals surface area contributed by atoms with Gasteiger partial charge in [-0.15, -0.1) is 11.8 Å². The van der Waals surface area contributed by atoms with Gasteiger partial charge in [0.1, 0.15) is 0 Å². The van der Waals surface area contributed by atoms with E-state index in [2.05, 4.69) is 18.3 Å². The van der Waals surface area contributed by atoms with E-state index in [9.17, 15) is 0 Å². The average Bonchev–Trinajstić information content (AvgIpc) is 2.65. The number of hydrogen-bond donors (Lipinski definition) is 1. The Bertz CT molecular complexity index is 353. The first-order valence-corrected chi connectivity index (χ1v) is 5.72. The van der Waals surface area contributed by atoms with Crippen LogP contribution >= 0.6 is 11.8 Å². The van der Waals surface area contributed by atoms with Crippen LogP contribution < -0.4 is 5.32 Å². The Hall–Kier alpha value is -0.980. The highest BCUT2D eigenvalue weighted by Gasteiger charge is 2.21. The molecule has 1 fully saturated rings. The Labute approximate surface area is 88.3 Å². The number of rotatable bonds is 1. The molecule has 2 atom stereocenters. The lowest BCUT2D eigenvalue weighted by Crippen LogP contribution is -2.21. The largest absolute Gasteiger partial charge is 0.298 e. The molecule has 72 valence electrons. The topological polar surface area (TPSA) is 35.8 Å². The van der Waals surface area contributed by atoms with Gasteiger partial charge in [0.15, 0.2) is 0 Å². The minimum atomic E-state index is 0.401. The molecule has 3 heteroatoms. The molecule has 0 aliphatic carbocycles. The second-order valence-corrected chi connectivity index (χ2v) is 4.65. The van der Waals surface area contributed by atoms with Crippen molar-refractivity contribution in [3.05, 3.63) is 35.4 Å². The van der Waals surface area contributed by atoms with Gasteiger partial charge in [0.2, 0.25) is 0 Å². The molecule has 2 unspecified atom stereocenters. The number of thioether (sulfide) groups is 1. The number of nitriles is 1. The lowest BCUT2D eigenvalue weighted by Gasteiger charge is -2.10. The van der Waals surface area contributed by atoms with E-state index in [1.807, 2.05) is 36.0 Å². The fourth-order valence-electron chi connectivity index (χ4n) is 1.52. The van der Waals surface area contributed by atoms with E-state index in [4.69, 9.17) is 5.26 Å².